The fraction of sp³-hybridized carbons (Fsp3) is 0.588. The van der Waals surface area contributed by atoms with Gasteiger partial charge in [-0.05, 0) is 37.7 Å². The summed E-state index contributed by atoms with van der Waals surface area (Å²) >= 11 is 5.94. The van der Waals surface area contributed by atoms with Crippen LogP contribution in [0.3, 0.4) is 0 Å². The van der Waals surface area contributed by atoms with Crippen LogP contribution in [0.1, 0.15) is 5.56 Å². The van der Waals surface area contributed by atoms with Gasteiger partial charge >= 0.3 is 0 Å². The van der Waals surface area contributed by atoms with Gasteiger partial charge in [-0.3, -0.25) is 9.69 Å². The van der Waals surface area contributed by atoms with Crippen molar-refractivity contribution in [2.24, 2.45) is 5.92 Å². The van der Waals surface area contributed by atoms with E-state index in [-0.39, 0.29) is 18.6 Å². The Bertz CT molecular complexity index is 581. The Balaban J connectivity index is 1.61. The van der Waals surface area contributed by atoms with Gasteiger partial charge in [0.1, 0.15) is 5.75 Å². The molecule has 0 N–H and O–H groups in total. The summed E-state index contributed by atoms with van der Waals surface area (Å²) in [5.74, 6) is 1.11. The van der Waals surface area contributed by atoms with E-state index in [1.54, 1.807) is 6.07 Å². The Kier molecular flexibility index (Phi) is 5.09. The van der Waals surface area contributed by atoms with Gasteiger partial charge in [-0.1, -0.05) is 11.6 Å². The lowest BCUT2D eigenvalue weighted by atomic mass is 10.1. The van der Waals surface area contributed by atoms with Crippen molar-refractivity contribution in [1.29, 1.82) is 0 Å². The highest BCUT2D eigenvalue weighted by Crippen LogP contribution is 2.22. The minimum atomic E-state index is 0.0338. The van der Waals surface area contributed by atoms with Crippen LogP contribution in [-0.4, -0.2) is 68.3 Å². The molecule has 1 aromatic carbocycles. The fourth-order valence-corrected chi connectivity index (χ4v) is 3.49. The molecule has 0 unspecified atom stereocenters. The van der Waals surface area contributed by atoms with E-state index in [1.165, 1.54) is 0 Å². The van der Waals surface area contributed by atoms with Crippen LogP contribution in [0.4, 0.5) is 0 Å². The summed E-state index contributed by atoms with van der Waals surface area (Å²) in [7, 11) is 2.11. The fourth-order valence-electron chi connectivity index (χ4n) is 3.26. The lowest BCUT2D eigenvalue weighted by molar-refractivity contribution is -0.135. The number of hydrogen-bond acceptors (Lipinski definition) is 4. The largest absolute Gasteiger partial charge is 0.483 e. The maximum Gasteiger partial charge on any atom is 0.260 e. The normalized spacial score (nSPS) is 25.1. The zero-order valence-electron chi connectivity index (χ0n) is 13.6. The van der Waals surface area contributed by atoms with Crippen molar-refractivity contribution in [3.8, 4) is 5.75 Å². The van der Waals surface area contributed by atoms with Crippen molar-refractivity contribution in [2.75, 3.05) is 46.5 Å². The van der Waals surface area contributed by atoms with E-state index in [0.29, 0.717) is 29.8 Å². The van der Waals surface area contributed by atoms with E-state index < -0.39 is 0 Å². The second-order valence-electron chi connectivity index (χ2n) is 6.49. The van der Waals surface area contributed by atoms with Crippen LogP contribution in [0.5, 0.6) is 5.75 Å². The van der Waals surface area contributed by atoms with Crippen molar-refractivity contribution < 1.29 is 14.3 Å². The molecule has 0 saturated carbocycles. The molecular weight excluding hydrogens is 316 g/mol. The average Bonchev–Trinajstić information content (AvgIpc) is 2.74. The molecule has 2 aliphatic rings. The van der Waals surface area contributed by atoms with Crippen LogP contribution >= 0.6 is 11.6 Å². The molecule has 0 aliphatic carbocycles. The summed E-state index contributed by atoms with van der Waals surface area (Å²) in [4.78, 5) is 16.8. The highest BCUT2D eigenvalue weighted by Gasteiger charge is 2.33. The molecule has 3 rings (SSSR count). The predicted molar refractivity (Wildman–Crippen MR) is 89.0 cm³/mol. The first-order chi connectivity index (χ1) is 11.0. The summed E-state index contributed by atoms with van der Waals surface area (Å²) in [5, 5.41) is 0.671. The Labute approximate surface area is 142 Å². The molecule has 2 atom stereocenters. The number of aryl methyl sites for hydroxylation is 1. The predicted octanol–water partition coefficient (Wildman–Crippen LogP) is 1.82. The number of halogens is 1. The van der Waals surface area contributed by atoms with Crippen molar-refractivity contribution in [3.05, 3.63) is 28.8 Å². The molecule has 2 aliphatic heterocycles. The molecule has 2 bridgehead atoms. The Morgan fingerprint density at radius 2 is 2.17 bits per heavy atom. The molecule has 0 aromatic heterocycles. The zero-order valence-corrected chi connectivity index (χ0v) is 14.4. The van der Waals surface area contributed by atoms with E-state index in [9.17, 15) is 4.79 Å². The number of benzene rings is 1. The average molecular weight is 339 g/mol. The number of ether oxygens (including phenoxy) is 2. The lowest BCUT2D eigenvalue weighted by Crippen LogP contribution is -2.46. The maximum absolute atomic E-state index is 12.6. The van der Waals surface area contributed by atoms with Crippen LogP contribution in [0.15, 0.2) is 18.2 Å². The summed E-state index contributed by atoms with van der Waals surface area (Å²) in [6.07, 6.45) is 0. The monoisotopic (exact) mass is 338 g/mol. The second kappa shape index (κ2) is 7.07. The highest BCUT2D eigenvalue weighted by atomic mass is 35.5. The van der Waals surface area contributed by atoms with E-state index in [4.69, 9.17) is 21.1 Å². The van der Waals surface area contributed by atoms with Gasteiger partial charge in [-0.15, -0.1) is 0 Å². The van der Waals surface area contributed by atoms with E-state index >= 15 is 0 Å². The molecule has 23 heavy (non-hydrogen) atoms. The molecule has 1 aromatic rings. The summed E-state index contributed by atoms with van der Waals surface area (Å²) in [6.45, 7) is 5.82. The van der Waals surface area contributed by atoms with Gasteiger partial charge in [0.25, 0.3) is 5.91 Å². The molecule has 0 spiro atoms. The number of carbonyl (C=O) groups excluding carboxylic acids is 1. The smallest absolute Gasteiger partial charge is 0.260 e. The zero-order chi connectivity index (χ0) is 16.4. The van der Waals surface area contributed by atoms with Gasteiger partial charge in [0.05, 0.1) is 19.3 Å². The third-order valence-electron chi connectivity index (χ3n) is 4.58. The topological polar surface area (TPSA) is 42.0 Å². The minimum Gasteiger partial charge on any atom is -0.483 e. The van der Waals surface area contributed by atoms with Crippen molar-refractivity contribution in [3.63, 3.8) is 0 Å². The first kappa shape index (κ1) is 16.6. The number of likely N-dealkylation sites (N-methyl/N-ethyl adjacent to an activating group) is 1. The minimum absolute atomic E-state index is 0.0338. The maximum atomic E-state index is 12.6. The molecule has 126 valence electrons. The van der Waals surface area contributed by atoms with Crippen LogP contribution in [0, 0.1) is 12.8 Å². The molecule has 2 fully saturated rings. The van der Waals surface area contributed by atoms with Crippen molar-refractivity contribution in [2.45, 2.75) is 13.0 Å². The van der Waals surface area contributed by atoms with E-state index in [1.807, 2.05) is 24.0 Å². The number of hydrogen-bond donors (Lipinski definition) is 0. The van der Waals surface area contributed by atoms with Gasteiger partial charge < -0.3 is 14.4 Å². The standard InChI is InChI=1S/C17H23ClN2O3/c1-12-5-14(18)3-4-16(12)23-11-17(21)20-7-13-6-19(2)15(8-20)10-22-9-13/h3-5,13,15H,6-11H2,1-2H3/t13-,15+/m1/s1. The molecule has 6 heteroatoms. The first-order valence-corrected chi connectivity index (χ1v) is 8.35. The van der Waals surface area contributed by atoms with Gasteiger partial charge in [-0.25, -0.2) is 0 Å². The van der Waals surface area contributed by atoms with E-state index in [2.05, 4.69) is 11.9 Å². The van der Waals surface area contributed by atoms with Crippen LogP contribution in [0.2, 0.25) is 5.02 Å². The first-order valence-electron chi connectivity index (χ1n) is 7.97. The molecule has 5 nitrogen and oxygen atoms in total. The van der Waals surface area contributed by atoms with Gasteiger partial charge in [0.2, 0.25) is 0 Å². The van der Waals surface area contributed by atoms with Gasteiger partial charge in [0.15, 0.2) is 6.61 Å². The summed E-state index contributed by atoms with van der Waals surface area (Å²) in [5.41, 5.74) is 0.936. The molecule has 0 radical (unpaired) electrons. The molecule has 2 heterocycles. The number of fused-ring (bicyclic) bond motifs is 3. The van der Waals surface area contributed by atoms with Crippen LogP contribution < -0.4 is 4.74 Å². The molecule has 2 saturated heterocycles. The van der Waals surface area contributed by atoms with Crippen LogP contribution in [-0.2, 0) is 9.53 Å². The number of nitrogens with zero attached hydrogens (tertiary/aromatic N) is 2. The summed E-state index contributed by atoms with van der Waals surface area (Å²) < 4.78 is 11.4. The number of amides is 1. The lowest BCUT2D eigenvalue weighted by Gasteiger charge is -2.29. The van der Waals surface area contributed by atoms with Gasteiger partial charge in [-0.2, -0.15) is 0 Å². The van der Waals surface area contributed by atoms with Crippen LogP contribution in [0.25, 0.3) is 0 Å². The Hall–Kier alpha value is -1.30. The third kappa shape index (κ3) is 3.97. The van der Waals surface area contributed by atoms with Gasteiger partial charge in [0, 0.05) is 30.6 Å². The SMILES string of the molecule is Cc1cc(Cl)ccc1OCC(=O)N1C[C@@H]2COC[C@H](C1)N(C)C2. The van der Waals surface area contributed by atoms with E-state index in [0.717, 1.165) is 25.3 Å². The Morgan fingerprint density at radius 3 is 2.96 bits per heavy atom. The molecule has 1 amide bonds. The number of carbonyl (C=O) groups is 1. The Morgan fingerprint density at radius 1 is 1.35 bits per heavy atom. The number of rotatable bonds is 3. The second-order valence-corrected chi connectivity index (χ2v) is 6.93. The van der Waals surface area contributed by atoms with Crippen molar-refractivity contribution >= 4 is 17.5 Å². The van der Waals surface area contributed by atoms with Crippen molar-refractivity contribution in [1.82, 2.24) is 9.80 Å². The summed E-state index contributed by atoms with van der Waals surface area (Å²) in [6, 6.07) is 5.69. The highest BCUT2D eigenvalue weighted by molar-refractivity contribution is 6.30. The quantitative estimate of drug-likeness (QED) is 0.843. The third-order valence-corrected chi connectivity index (χ3v) is 4.82. The molecular formula is C17H23ClN2O3.